The maximum Gasteiger partial charge on any atom is 0.339 e. The number of thiazole rings is 1. The first-order valence-electron chi connectivity index (χ1n) is 5.65. The number of pyridine rings is 1. The zero-order valence-corrected chi connectivity index (χ0v) is 12.4. The number of anilines is 2. The van der Waals surface area contributed by atoms with E-state index < -0.39 is 5.97 Å². The second kappa shape index (κ2) is 5.18. The monoisotopic (exact) mass is 349 g/mol. The Balaban J connectivity index is 2.00. The Morgan fingerprint density at radius 3 is 2.90 bits per heavy atom. The van der Waals surface area contributed by atoms with Crippen molar-refractivity contribution in [3.63, 3.8) is 0 Å². The first kappa shape index (κ1) is 13.0. The van der Waals surface area contributed by atoms with Crippen LogP contribution in [0.4, 0.5) is 10.9 Å². The number of carboxylic acids is 1. The van der Waals surface area contributed by atoms with Crippen molar-refractivity contribution in [2.45, 2.75) is 0 Å². The van der Waals surface area contributed by atoms with Crippen molar-refractivity contribution in [3.05, 3.63) is 46.6 Å². The van der Waals surface area contributed by atoms with E-state index >= 15 is 0 Å². The molecule has 20 heavy (non-hydrogen) atoms. The van der Waals surface area contributed by atoms with E-state index in [1.165, 1.54) is 17.4 Å². The number of carbonyl (C=O) groups is 1. The summed E-state index contributed by atoms with van der Waals surface area (Å²) < 4.78 is 1.65. The molecule has 0 saturated heterocycles. The van der Waals surface area contributed by atoms with Crippen LogP contribution in [-0.2, 0) is 0 Å². The molecule has 0 fully saturated rings. The molecule has 0 aliphatic heterocycles. The zero-order chi connectivity index (χ0) is 14.1. The number of nitrogens with one attached hydrogen (secondary N) is 1. The van der Waals surface area contributed by atoms with Crippen LogP contribution < -0.4 is 5.32 Å². The van der Waals surface area contributed by atoms with Crippen LogP contribution in [0.5, 0.6) is 0 Å². The summed E-state index contributed by atoms with van der Waals surface area (Å²) >= 11 is 4.66. The van der Waals surface area contributed by atoms with Gasteiger partial charge in [0.05, 0.1) is 10.2 Å². The van der Waals surface area contributed by atoms with Crippen molar-refractivity contribution < 1.29 is 9.90 Å². The fourth-order valence-electron chi connectivity index (χ4n) is 1.73. The Bertz CT molecular complexity index is 770. The lowest BCUT2D eigenvalue weighted by molar-refractivity contribution is 0.0697. The van der Waals surface area contributed by atoms with E-state index in [4.69, 9.17) is 0 Å². The molecule has 0 radical (unpaired) electrons. The predicted octanol–water partition coefficient (Wildman–Crippen LogP) is 3.90. The van der Waals surface area contributed by atoms with Gasteiger partial charge in [-0.1, -0.05) is 23.5 Å². The highest BCUT2D eigenvalue weighted by Crippen LogP contribution is 2.29. The number of halogens is 1. The molecule has 0 unspecified atom stereocenters. The van der Waals surface area contributed by atoms with Gasteiger partial charge in [0, 0.05) is 10.7 Å². The lowest BCUT2D eigenvalue weighted by Gasteiger charge is -2.05. The Morgan fingerprint density at radius 1 is 1.35 bits per heavy atom. The molecule has 3 rings (SSSR count). The number of benzene rings is 1. The van der Waals surface area contributed by atoms with E-state index in [0.717, 1.165) is 10.2 Å². The molecule has 1 aromatic carbocycles. The molecule has 2 N–H and O–H groups in total. The molecule has 3 aromatic rings. The molecule has 0 bridgehead atoms. The highest BCUT2D eigenvalue weighted by atomic mass is 79.9. The van der Waals surface area contributed by atoms with Crippen molar-refractivity contribution >= 4 is 54.4 Å². The van der Waals surface area contributed by atoms with E-state index in [1.807, 2.05) is 24.3 Å². The van der Waals surface area contributed by atoms with Crippen LogP contribution in [0.3, 0.4) is 0 Å². The van der Waals surface area contributed by atoms with Gasteiger partial charge >= 0.3 is 5.97 Å². The number of para-hydroxylation sites is 1. The van der Waals surface area contributed by atoms with E-state index in [0.29, 0.717) is 9.60 Å². The third-order valence-electron chi connectivity index (χ3n) is 2.60. The van der Waals surface area contributed by atoms with E-state index in [1.54, 1.807) is 6.20 Å². The number of carboxylic acid groups (broad SMARTS) is 1. The minimum absolute atomic E-state index is 0.0960. The predicted molar refractivity (Wildman–Crippen MR) is 81.8 cm³/mol. The molecular weight excluding hydrogens is 342 g/mol. The maximum atomic E-state index is 11.2. The third kappa shape index (κ3) is 2.50. The van der Waals surface area contributed by atoms with Crippen LogP contribution >= 0.6 is 27.3 Å². The molecule has 0 aliphatic rings. The third-order valence-corrected chi connectivity index (χ3v) is 3.99. The largest absolute Gasteiger partial charge is 0.478 e. The molecule has 7 heteroatoms. The summed E-state index contributed by atoms with van der Waals surface area (Å²) in [5.74, 6) is -0.762. The molecular formula is C13H8BrN3O2S. The number of aromatic carboxylic acids is 1. The minimum atomic E-state index is -1.04. The van der Waals surface area contributed by atoms with Crippen molar-refractivity contribution in [1.29, 1.82) is 0 Å². The molecule has 2 aromatic heterocycles. The fraction of sp³-hybridized carbons (Fsp3) is 0. The van der Waals surface area contributed by atoms with Gasteiger partial charge < -0.3 is 10.4 Å². The summed E-state index contributed by atoms with van der Waals surface area (Å²) in [6, 6.07) is 9.22. The van der Waals surface area contributed by atoms with E-state index in [-0.39, 0.29) is 11.4 Å². The zero-order valence-electron chi connectivity index (χ0n) is 10.0. The Morgan fingerprint density at radius 2 is 2.15 bits per heavy atom. The Labute approximate surface area is 126 Å². The highest BCUT2D eigenvalue weighted by molar-refractivity contribution is 9.10. The van der Waals surface area contributed by atoms with Crippen molar-refractivity contribution in [2.75, 3.05) is 5.32 Å². The molecule has 100 valence electrons. The van der Waals surface area contributed by atoms with Gasteiger partial charge in [0.15, 0.2) is 5.13 Å². The first-order chi connectivity index (χ1) is 9.63. The van der Waals surface area contributed by atoms with Crippen molar-refractivity contribution in [2.24, 2.45) is 0 Å². The summed E-state index contributed by atoms with van der Waals surface area (Å²) in [5, 5.41) is 12.8. The Hall–Kier alpha value is -1.99. The molecule has 0 aliphatic carbocycles. The number of hydrogen-bond acceptors (Lipinski definition) is 5. The van der Waals surface area contributed by atoms with Crippen molar-refractivity contribution in [1.82, 2.24) is 9.97 Å². The SMILES string of the molecule is O=C(O)c1cc(Br)cnc1Nc1nc2ccccc2s1. The molecule has 2 heterocycles. The topological polar surface area (TPSA) is 75.1 Å². The standard InChI is InChI=1S/C13H8BrN3O2S/c14-7-5-8(12(18)19)11(15-6-7)17-13-16-9-3-1-2-4-10(9)20-13/h1-6H,(H,18,19)(H,15,16,17). The van der Waals surface area contributed by atoms with Crippen LogP contribution in [-0.4, -0.2) is 21.0 Å². The lowest BCUT2D eigenvalue weighted by Crippen LogP contribution is -2.04. The van der Waals surface area contributed by atoms with Gasteiger partial charge in [-0.15, -0.1) is 0 Å². The van der Waals surface area contributed by atoms with Gasteiger partial charge in [0.1, 0.15) is 11.4 Å². The molecule has 0 saturated carbocycles. The Kier molecular flexibility index (Phi) is 3.37. The number of rotatable bonds is 3. The summed E-state index contributed by atoms with van der Waals surface area (Å²) in [6.45, 7) is 0. The summed E-state index contributed by atoms with van der Waals surface area (Å²) in [7, 11) is 0. The number of hydrogen-bond donors (Lipinski definition) is 2. The maximum absolute atomic E-state index is 11.2. The van der Waals surface area contributed by atoms with Crippen LogP contribution in [0, 0.1) is 0 Å². The van der Waals surface area contributed by atoms with E-state index in [9.17, 15) is 9.90 Å². The second-order valence-corrected chi connectivity index (χ2v) is 5.91. The van der Waals surface area contributed by atoms with Gasteiger partial charge in [-0.2, -0.15) is 0 Å². The van der Waals surface area contributed by atoms with Crippen LogP contribution in [0.2, 0.25) is 0 Å². The first-order valence-corrected chi connectivity index (χ1v) is 7.26. The normalized spacial score (nSPS) is 10.7. The van der Waals surface area contributed by atoms with Gasteiger partial charge in [0.2, 0.25) is 0 Å². The molecule has 0 spiro atoms. The molecule has 0 atom stereocenters. The number of aromatic nitrogens is 2. The summed E-state index contributed by atoms with van der Waals surface area (Å²) in [6.07, 6.45) is 1.54. The average molecular weight is 350 g/mol. The van der Waals surface area contributed by atoms with E-state index in [2.05, 4.69) is 31.2 Å². The minimum Gasteiger partial charge on any atom is -0.478 e. The average Bonchev–Trinajstić information content (AvgIpc) is 2.82. The quantitative estimate of drug-likeness (QED) is 0.749. The summed E-state index contributed by atoms with van der Waals surface area (Å²) in [4.78, 5) is 19.7. The van der Waals surface area contributed by atoms with Crippen molar-refractivity contribution in [3.8, 4) is 0 Å². The van der Waals surface area contributed by atoms with Crippen LogP contribution in [0.15, 0.2) is 41.0 Å². The number of fused-ring (bicyclic) bond motifs is 1. The van der Waals surface area contributed by atoms with Gasteiger partial charge in [-0.25, -0.2) is 14.8 Å². The van der Waals surface area contributed by atoms with Crippen LogP contribution in [0.25, 0.3) is 10.2 Å². The number of nitrogens with zero attached hydrogens (tertiary/aromatic N) is 2. The van der Waals surface area contributed by atoms with Crippen LogP contribution in [0.1, 0.15) is 10.4 Å². The lowest BCUT2D eigenvalue weighted by atomic mass is 10.2. The van der Waals surface area contributed by atoms with Gasteiger partial charge in [0.25, 0.3) is 0 Å². The fourth-order valence-corrected chi connectivity index (χ4v) is 2.93. The smallest absolute Gasteiger partial charge is 0.339 e. The van der Waals surface area contributed by atoms with Gasteiger partial charge in [-0.3, -0.25) is 0 Å². The summed E-state index contributed by atoms with van der Waals surface area (Å²) in [5.41, 5.74) is 0.965. The second-order valence-electron chi connectivity index (χ2n) is 3.97. The molecule has 5 nitrogen and oxygen atoms in total. The highest BCUT2D eigenvalue weighted by Gasteiger charge is 2.14. The van der Waals surface area contributed by atoms with Gasteiger partial charge in [-0.05, 0) is 34.1 Å². The molecule has 0 amide bonds.